The third-order valence-electron chi connectivity index (χ3n) is 3.03. The van der Waals surface area contributed by atoms with Gasteiger partial charge < -0.3 is 0 Å². The number of anilines is 1. The van der Waals surface area contributed by atoms with Gasteiger partial charge in [-0.05, 0) is 43.3 Å². The molecule has 0 aliphatic heterocycles. The first kappa shape index (κ1) is 17.6. The second-order valence-electron chi connectivity index (χ2n) is 5.38. The maximum atomic E-state index is 12.4. The largest absolute Gasteiger partial charge is 0.295 e. The van der Waals surface area contributed by atoms with E-state index in [-0.39, 0.29) is 10.7 Å². The van der Waals surface area contributed by atoms with E-state index in [1.807, 2.05) is 12.1 Å². The summed E-state index contributed by atoms with van der Waals surface area (Å²) >= 11 is 1.71. The highest BCUT2D eigenvalue weighted by Crippen LogP contribution is 2.25. The first-order valence-electron chi connectivity index (χ1n) is 7.18. The van der Waals surface area contributed by atoms with Crippen LogP contribution in [0.25, 0.3) is 0 Å². The van der Waals surface area contributed by atoms with E-state index in [0.29, 0.717) is 16.5 Å². The monoisotopic (exact) mass is 349 g/mol. The number of rotatable bonds is 6. The summed E-state index contributed by atoms with van der Waals surface area (Å²) in [7, 11) is -3.71. The zero-order valence-electron chi connectivity index (χ0n) is 13.2. The molecule has 0 heterocycles. The van der Waals surface area contributed by atoms with E-state index in [1.165, 1.54) is 19.1 Å². The number of sulfonamides is 1. The number of hydrogen-bond acceptors (Lipinski definition) is 4. The predicted octanol–water partition coefficient (Wildman–Crippen LogP) is 4.19. The van der Waals surface area contributed by atoms with Crippen LogP contribution in [0.1, 0.15) is 31.1 Å². The molecule has 0 amide bonds. The summed E-state index contributed by atoms with van der Waals surface area (Å²) < 4.78 is 27.4. The van der Waals surface area contributed by atoms with E-state index >= 15 is 0 Å². The summed E-state index contributed by atoms with van der Waals surface area (Å²) in [5.74, 6) is -0.169. The minimum atomic E-state index is -3.71. The Balaban J connectivity index is 2.21. The summed E-state index contributed by atoms with van der Waals surface area (Å²) in [6.07, 6.45) is 0. The lowest BCUT2D eigenvalue weighted by Gasteiger charge is -2.10. The smallest absolute Gasteiger partial charge is 0.261 e. The molecule has 0 radical (unpaired) electrons. The van der Waals surface area contributed by atoms with Crippen LogP contribution in [0.2, 0.25) is 0 Å². The second kappa shape index (κ2) is 7.19. The summed E-state index contributed by atoms with van der Waals surface area (Å²) in [4.78, 5) is 12.6. The molecule has 0 saturated heterocycles. The van der Waals surface area contributed by atoms with Crippen LogP contribution in [-0.2, 0) is 10.0 Å². The summed E-state index contributed by atoms with van der Waals surface area (Å²) in [5, 5.41) is 0.465. The van der Waals surface area contributed by atoms with Crippen LogP contribution in [0.15, 0.2) is 58.3 Å². The lowest BCUT2D eigenvalue weighted by atomic mass is 10.2. The van der Waals surface area contributed by atoms with Gasteiger partial charge in [0.15, 0.2) is 5.78 Å². The lowest BCUT2D eigenvalue weighted by Crippen LogP contribution is -2.13. The predicted molar refractivity (Wildman–Crippen MR) is 94.7 cm³/mol. The first-order valence-corrected chi connectivity index (χ1v) is 9.55. The van der Waals surface area contributed by atoms with Gasteiger partial charge in [0, 0.05) is 21.4 Å². The number of Topliss-reactive ketones (excluding diaryl/α,β-unsaturated/α-hetero) is 1. The van der Waals surface area contributed by atoms with Crippen LogP contribution in [-0.4, -0.2) is 19.5 Å². The molecule has 0 bridgehead atoms. The summed E-state index contributed by atoms with van der Waals surface area (Å²) in [6, 6.07) is 13.2. The van der Waals surface area contributed by atoms with E-state index in [0.717, 1.165) is 4.90 Å². The maximum Gasteiger partial charge on any atom is 0.261 e. The quantitative estimate of drug-likeness (QED) is 0.627. The van der Waals surface area contributed by atoms with Crippen LogP contribution >= 0.6 is 11.8 Å². The Morgan fingerprint density at radius 3 is 2.30 bits per heavy atom. The standard InChI is InChI=1S/C17H19NO3S2/c1-12(2)22-16-9-7-15(8-10-16)18-23(20,21)17-6-4-5-14(11-17)13(3)19/h4-12,18H,1-3H3. The van der Waals surface area contributed by atoms with Crippen LogP contribution in [0.3, 0.4) is 0 Å². The van der Waals surface area contributed by atoms with E-state index < -0.39 is 10.0 Å². The molecule has 6 heteroatoms. The first-order chi connectivity index (χ1) is 10.8. The molecule has 2 aromatic carbocycles. The number of ketones is 1. The molecule has 0 unspecified atom stereocenters. The fourth-order valence-electron chi connectivity index (χ4n) is 1.97. The van der Waals surface area contributed by atoms with Gasteiger partial charge in [0.25, 0.3) is 10.0 Å². The average Bonchev–Trinajstić information content (AvgIpc) is 2.48. The minimum absolute atomic E-state index is 0.0748. The Bertz CT molecular complexity index is 797. The summed E-state index contributed by atoms with van der Waals surface area (Å²) in [5.41, 5.74) is 0.864. The van der Waals surface area contributed by atoms with Crippen molar-refractivity contribution in [3.05, 3.63) is 54.1 Å². The van der Waals surface area contributed by atoms with Crippen molar-refractivity contribution in [1.82, 2.24) is 0 Å². The van der Waals surface area contributed by atoms with Crippen LogP contribution < -0.4 is 4.72 Å². The van der Waals surface area contributed by atoms with E-state index in [4.69, 9.17) is 0 Å². The zero-order valence-corrected chi connectivity index (χ0v) is 14.9. The fourth-order valence-corrected chi connectivity index (χ4v) is 3.91. The molecule has 0 atom stereocenters. The Morgan fingerprint density at radius 1 is 1.09 bits per heavy atom. The van der Waals surface area contributed by atoms with E-state index in [1.54, 1.807) is 36.0 Å². The Morgan fingerprint density at radius 2 is 1.74 bits per heavy atom. The molecule has 2 rings (SSSR count). The zero-order chi connectivity index (χ0) is 17.0. The summed E-state index contributed by atoms with van der Waals surface area (Å²) in [6.45, 7) is 5.61. The van der Waals surface area contributed by atoms with Crippen molar-refractivity contribution < 1.29 is 13.2 Å². The number of hydrogen-bond donors (Lipinski definition) is 1. The molecule has 1 N–H and O–H groups in total. The second-order valence-corrected chi connectivity index (χ2v) is 8.71. The lowest BCUT2D eigenvalue weighted by molar-refractivity contribution is 0.101. The van der Waals surface area contributed by atoms with Crippen molar-refractivity contribution >= 4 is 33.3 Å². The van der Waals surface area contributed by atoms with Crippen molar-refractivity contribution in [1.29, 1.82) is 0 Å². The molecule has 2 aromatic rings. The van der Waals surface area contributed by atoms with Crippen LogP contribution in [0.5, 0.6) is 0 Å². The normalized spacial score (nSPS) is 11.5. The molecule has 23 heavy (non-hydrogen) atoms. The van der Waals surface area contributed by atoms with Gasteiger partial charge in [0.2, 0.25) is 0 Å². The topological polar surface area (TPSA) is 63.2 Å². The molecule has 4 nitrogen and oxygen atoms in total. The number of carbonyl (C=O) groups excluding carboxylic acids is 1. The third kappa shape index (κ3) is 4.84. The Kier molecular flexibility index (Phi) is 5.49. The fraction of sp³-hybridized carbons (Fsp3) is 0.235. The highest BCUT2D eigenvalue weighted by molar-refractivity contribution is 7.99. The molecule has 122 valence electrons. The van der Waals surface area contributed by atoms with Crippen molar-refractivity contribution in [2.24, 2.45) is 0 Å². The van der Waals surface area contributed by atoms with Crippen molar-refractivity contribution in [3.8, 4) is 0 Å². The van der Waals surface area contributed by atoms with Gasteiger partial charge in [-0.15, -0.1) is 11.8 Å². The van der Waals surface area contributed by atoms with Crippen LogP contribution in [0.4, 0.5) is 5.69 Å². The highest BCUT2D eigenvalue weighted by Gasteiger charge is 2.15. The van der Waals surface area contributed by atoms with Gasteiger partial charge in [0.05, 0.1) is 4.90 Å². The number of carbonyl (C=O) groups is 1. The SMILES string of the molecule is CC(=O)c1cccc(S(=O)(=O)Nc2ccc(SC(C)C)cc2)c1. The average molecular weight is 349 g/mol. The van der Waals surface area contributed by atoms with E-state index in [9.17, 15) is 13.2 Å². The Hall–Kier alpha value is -1.79. The third-order valence-corrected chi connectivity index (χ3v) is 5.42. The number of benzene rings is 2. The minimum Gasteiger partial charge on any atom is -0.295 e. The number of nitrogens with one attached hydrogen (secondary N) is 1. The molecular formula is C17H19NO3S2. The van der Waals surface area contributed by atoms with E-state index in [2.05, 4.69) is 18.6 Å². The molecule has 0 aromatic heterocycles. The maximum absolute atomic E-state index is 12.4. The molecule has 0 aliphatic carbocycles. The van der Waals surface area contributed by atoms with Crippen LogP contribution in [0, 0.1) is 0 Å². The highest BCUT2D eigenvalue weighted by atomic mass is 32.2. The molecule has 0 saturated carbocycles. The number of thioether (sulfide) groups is 1. The molecule has 0 spiro atoms. The van der Waals surface area contributed by atoms with Gasteiger partial charge >= 0.3 is 0 Å². The van der Waals surface area contributed by atoms with Gasteiger partial charge in [-0.25, -0.2) is 8.42 Å². The van der Waals surface area contributed by atoms with Crippen molar-refractivity contribution in [3.63, 3.8) is 0 Å². The van der Waals surface area contributed by atoms with Gasteiger partial charge in [0.1, 0.15) is 0 Å². The van der Waals surface area contributed by atoms with Gasteiger partial charge in [-0.2, -0.15) is 0 Å². The molecular weight excluding hydrogens is 330 g/mol. The van der Waals surface area contributed by atoms with Gasteiger partial charge in [-0.1, -0.05) is 26.0 Å². The van der Waals surface area contributed by atoms with Gasteiger partial charge in [-0.3, -0.25) is 9.52 Å². The Labute approximate surface area is 141 Å². The van der Waals surface area contributed by atoms with Crippen molar-refractivity contribution in [2.75, 3.05) is 4.72 Å². The molecule has 0 fully saturated rings. The van der Waals surface area contributed by atoms with Crippen molar-refractivity contribution in [2.45, 2.75) is 35.8 Å². The molecule has 0 aliphatic rings.